The Morgan fingerprint density at radius 1 is 0.672 bits per heavy atom. The SMILES string of the molecule is C=CCNC(=O)C(C)(C)N=NC(C)(C)C(=O)NCC=C.CCCCNC(=O)C(C)(C)N=NC(C)(C)C(C)=O.NC(=O)N=NC(N)=O.[C-]#[N+]C1(N=NC2(C#N)CCCCC2)CCCCC1. The highest BCUT2D eigenvalue weighted by molar-refractivity contribution is 5.87. The van der Waals surface area contributed by atoms with Crippen molar-refractivity contribution in [1.82, 2.24) is 16.0 Å². The Kier molecular flexibility index (Phi) is 27.4. The predicted molar refractivity (Wildman–Crippen MR) is 244 cm³/mol. The van der Waals surface area contributed by atoms with Crippen LogP contribution in [0.4, 0.5) is 9.59 Å². The lowest BCUT2D eigenvalue weighted by Gasteiger charge is -2.27. The average molecular weight is 896 g/mol. The predicted octanol–water partition coefficient (Wildman–Crippen LogP) is 7.94. The number of unbranched alkanes of at least 4 members (excludes halogenated alkanes) is 1. The monoisotopic (exact) mass is 896 g/mol. The molecular weight excluding hydrogens is 823 g/mol. The van der Waals surface area contributed by atoms with Crippen molar-refractivity contribution in [3.05, 3.63) is 36.7 Å². The second-order valence-electron chi connectivity index (χ2n) is 17.2. The number of nitrogens with zero attached hydrogens (tertiary/aromatic N) is 10. The molecule has 0 saturated heterocycles. The number of carbonyl (C=O) groups is 6. The Hall–Kier alpha value is -6.12. The molecule has 0 atom stereocenters. The molecule has 2 aliphatic carbocycles. The minimum absolute atomic E-state index is 0.0755. The van der Waals surface area contributed by atoms with Crippen LogP contribution in [0.15, 0.2) is 66.2 Å². The highest BCUT2D eigenvalue weighted by atomic mass is 16.2. The van der Waals surface area contributed by atoms with Gasteiger partial charge in [-0.2, -0.15) is 30.8 Å². The lowest BCUT2D eigenvalue weighted by atomic mass is 9.84. The Morgan fingerprint density at radius 2 is 1.05 bits per heavy atom. The zero-order valence-electron chi connectivity index (χ0n) is 39.8. The molecule has 21 heteroatoms. The summed E-state index contributed by atoms with van der Waals surface area (Å²) < 4.78 is 0. The minimum atomic E-state index is -1.04. The first kappa shape index (κ1) is 60.0. The molecule has 7 N–H and O–H groups in total. The number of urea groups is 2. The number of hydrogen-bond acceptors (Lipinski definition) is 13. The molecule has 7 amide bonds. The number of nitrogens with one attached hydrogen (secondary N) is 3. The fourth-order valence-corrected chi connectivity index (χ4v) is 5.07. The van der Waals surface area contributed by atoms with Gasteiger partial charge in [0, 0.05) is 32.5 Å². The normalized spacial score (nSPS) is 15.9. The van der Waals surface area contributed by atoms with E-state index in [-0.39, 0.29) is 23.5 Å². The number of azo groups is 4. The minimum Gasteiger partial charge on any atom is -0.354 e. The largest absolute Gasteiger partial charge is 0.357 e. The number of ketones is 1. The summed E-state index contributed by atoms with van der Waals surface area (Å²) in [6.45, 7) is 32.6. The summed E-state index contributed by atoms with van der Waals surface area (Å²) >= 11 is 0. The van der Waals surface area contributed by atoms with E-state index in [1.54, 1.807) is 67.5 Å². The molecule has 2 fully saturated rings. The summed E-state index contributed by atoms with van der Waals surface area (Å²) in [5.74, 6) is -0.792. The lowest BCUT2D eigenvalue weighted by Crippen LogP contribution is -2.43. The zero-order valence-corrected chi connectivity index (χ0v) is 39.8. The molecule has 0 aromatic heterocycles. The van der Waals surface area contributed by atoms with E-state index < -0.39 is 45.4 Å². The molecule has 2 rings (SSSR count). The van der Waals surface area contributed by atoms with Crippen LogP contribution in [0.1, 0.15) is 146 Å². The van der Waals surface area contributed by atoms with E-state index in [1.807, 2.05) is 0 Å². The molecule has 2 saturated carbocycles. The maximum atomic E-state index is 11.9. The summed E-state index contributed by atoms with van der Waals surface area (Å²) in [5, 5.41) is 47.4. The molecule has 356 valence electrons. The first-order chi connectivity index (χ1) is 29.7. The van der Waals surface area contributed by atoms with E-state index in [0.29, 0.717) is 19.6 Å². The van der Waals surface area contributed by atoms with Crippen molar-refractivity contribution in [3.8, 4) is 6.07 Å². The Morgan fingerprint density at radius 3 is 1.38 bits per heavy atom. The van der Waals surface area contributed by atoms with Crippen LogP contribution in [-0.2, 0) is 19.2 Å². The van der Waals surface area contributed by atoms with Crippen molar-refractivity contribution in [1.29, 1.82) is 5.26 Å². The molecule has 0 bridgehead atoms. The fourth-order valence-electron chi connectivity index (χ4n) is 5.07. The van der Waals surface area contributed by atoms with Crippen LogP contribution in [0.3, 0.4) is 0 Å². The third kappa shape index (κ3) is 24.5. The van der Waals surface area contributed by atoms with Crippen molar-refractivity contribution < 1.29 is 28.8 Å². The summed E-state index contributed by atoms with van der Waals surface area (Å²) in [7, 11) is 0. The second kappa shape index (κ2) is 29.3. The molecule has 0 aromatic carbocycles. The molecule has 0 radical (unpaired) electrons. The topological polar surface area (TPSA) is 318 Å². The van der Waals surface area contributed by atoms with Crippen molar-refractivity contribution in [2.75, 3.05) is 19.6 Å². The van der Waals surface area contributed by atoms with E-state index in [4.69, 9.17) is 6.57 Å². The van der Waals surface area contributed by atoms with Crippen LogP contribution in [0, 0.1) is 17.9 Å². The van der Waals surface area contributed by atoms with Crippen LogP contribution in [0.2, 0.25) is 0 Å². The first-order valence-corrected chi connectivity index (χ1v) is 21.4. The number of nitrogens with two attached hydrogens (primary N) is 2. The van der Waals surface area contributed by atoms with E-state index in [1.165, 1.54) is 19.8 Å². The van der Waals surface area contributed by atoms with Gasteiger partial charge in [-0.1, -0.05) is 48.6 Å². The maximum absolute atomic E-state index is 11.9. The Bertz CT molecular complexity index is 1680. The third-order valence-corrected chi connectivity index (χ3v) is 9.68. The number of rotatable bonds is 17. The van der Waals surface area contributed by atoms with E-state index in [2.05, 4.69) is 99.3 Å². The van der Waals surface area contributed by atoms with Crippen LogP contribution < -0.4 is 27.4 Å². The van der Waals surface area contributed by atoms with E-state index >= 15 is 0 Å². The molecule has 0 spiro atoms. The molecule has 64 heavy (non-hydrogen) atoms. The van der Waals surface area contributed by atoms with Crippen LogP contribution in [0.25, 0.3) is 4.85 Å². The van der Waals surface area contributed by atoms with Gasteiger partial charge in [0.15, 0.2) is 27.9 Å². The molecule has 21 nitrogen and oxygen atoms in total. The summed E-state index contributed by atoms with van der Waals surface area (Å²) in [4.78, 5) is 69.9. The molecule has 0 aromatic rings. The number of amides is 7. The van der Waals surface area contributed by atoms with Gasteiger partial charge < -0.3 is 27.4 Å². The van der Waals surface area contributed by atoms with Gasteiger partial charge in [0.05, 0.1) is 6.07 Å². The summed E-state index contributed by atoms with van der Waals surface area (Å²) in [6, 6.07) is 0.259. The molecular formula is C43H73N15O6. The highest BCUT2D eigenvalue weighted by Gasteiger charge is 2.41. The molecule has 2 aliphatic rings. The van der Waals surface area contributed by atoms with E-state index in [0.717, 1.165) is 64.2 Å². The van der Waals surface area contributed by atoms with Gasteiger partial charge in [0.2, 0.25) is 17.7 Å². The van der Waals surface area contributed by atoms with Gasteiger partial charge in [-0.3, -0.25) is 24.0 Å². The average Bonchev–Trinajstić information content (AvgIpc) is 3.26. The zero-order chi connectivity index (χ0) is 49.7. The Balaban J connectivity index is 0. The van der Waals surface area contributed by atoms with Gasteiger partial charge in [-0.25, -0.2) is 16.2 Å². The van der Waals surface area contributed by atoms with Gasteiger partial charge >= 0.3 is 17.7 Å². The second-order valence-corrected chi connectivity index (χ2v) is 17.2. The van der Waals surface area contributed by atoms with Gasteiger partial charge in [-0.05, 0) is 107 Å². The van der Waals surface area contributed by atoms with E-state index in [9.17, 15) is 34.0 Å². The highest BCUT2D eigenvalue weighted by Crippen LogP contribution is 2.37. The standard InChI is InChI=1S/C14H24N4O2.C14H20N4.C13H25N3O2.C2H4N4O2/c1-7-9-15-11(19)13(3,4)17-18-14(5,6)12(20)16-10-8-2;1-16-14(10-6-3-7-11-14)18-17-13(12-15)8-4-2-5-9-13;1-7-8-9-14-11(18)13(5,6)16-15-12(3,4)10(2)17;3-1(7)5-6-2(4)8/h7-8H,1-2,9-10H2,3-6H3,(H,15,19)(H,16,20);2-11H2;7-9H2,1-6H3,(H,14,18);(H2,3,7)(H2,4,8). The number of Topliss-reactive ketones (excluding diaryl/α,β-unsaturated/α-hetero) is 1. The lowest BCUT2D eigenvalue weighted by molar-refractivity contribution is -0.127. The van der Waals surface area contributed by atoms with Crippen LogP contribution in [-0.4, -0.2) is 88.6 Å². The van der Waals surface area contributed by atoms with Crippen LogP contribution in [0.5, 0.6) is 0 Å². The van der Waals surface area contributed by atoms with Crippen LogP contribution >= 0.6 is 0 Å². The molecule has 0 unspecified atom stereocenters. The summed E-state index contributed by atoms with van der Waals surface area (Å²) in [5.41, 5.74) is 3.68. The quantitative estimate of drug-likeness (QED) is 0.0415. The van der Waals surface area contributed by atoms with Crippen molar-refractivity contribution in [2.45, 2.75) is 180 Å². The van der Waals surface area contributed by atoms with Gasteiger partial charge in [0.25, 0.3) is 0 Å². The number of primary amides is 2. The smallest absolute Gasteiger partial charge is 0.354 e. The number of nitriles is 1. The van der Waals surface area contributed by atoms with Gasteiger partial charge in [-0.15, -0.1) is 18.3 Å². The molecule has 0 heterocycles. The van der Waals surface area contributed by atoms with Crippen molar-refractivity contribution >= 4 is 35.6 Å². The first-order valence-electron chi connectivity index (χ1n) is 21.4. The number of carbonyl (C=O) groups excluding carboxylic acids is 6. The van der Waals surface area contributed by atoms with Crippen molar-refractivity contribution in [3.63, 3.8) is 0 Å². The fraction of sp³-hybridized carbons (Fsp3) is 0.721. The number of hydrogen-bond donors (Lipinski definition) is 5. The molecule has 0 aliphatic heterocycles. The Labute approximate surface area is 379 Å². The third-order valence-electron chi connectivity index (χ3n) is 9.68. The maximum Gasteiger partial charge on any atom is 0.357 e. The van der Waals surface area contributed by atoms with Gasteiger partial charge in [0.1, 0.15) is 5.54 Å². The summed E-state index contributed by atoms with van der Waals surface area (Å²) in [6.07, 6.45) is 15.0. The van der Waals surface area contributed by atoms with Crippen molar-refractivity contribution in [2.24, 2.45) is 52.4 Å².